The average molecular weight is 814 g/mol. The Hall–Kier alpha value is -4.27. The zero-order valence-corrected chi connectivity index (χ0v) is 35.1. The molecule has 14 heteroatoms. The van der Waals surface area contributed by atoms with Gasteiger partial charge >= 0.3 is 29.8 Å². The fourth-order valence-electron chi connectivity index (χ4n) is 8.57. The van der Waals surface area contributed by atoms with Crippen molar-refractivity contribution in [1.82, 2.24) is 0 Å². The first-order valence-electron chi connectivity index (χ1n) is 20.7. The van der Waals surface area contributed by atoms with Gasteiger partial charge in [0.25, 0.3) is 0 Å². The summed E-state index contributed by atoms with van der Waals surface area (Å²) >= 11 is 0. The second kappa shape index (κ2) is 19.7. The molecule has 14 nitrogen and oxygen atoms in total. The SMILES string of the molecule is C/C=C(/C)C(=O)OC1C(C)=C2[C@H]([C@@H]1OC(=O)CCCCCCC)[C@@](C)(OC(C)=O)CC(OC(=O)CCc1ccc(O)c(CCCCCN)c1)[C@@]1(O)[C@H]2OC(=O)[C@@]1(C)O. The van der Waals surface area contributed by atoms with E-state index in [1.165, 1.54) is 13.8 Å². The number of carbonyl (C=O) groups is 5. The number of esters is 5. The molecule has 1 saturated heterocycles. The molecule has 8 atom stereocenters. The van der Waals surface area contributed by atoms with Gasteiger partial charge in [0.15, 0.2) is 29.5 Å². The summed E-state index contributed by atoms with van der Waals surface area (Å²) in [5, 5.41) is 35.0. The van der Waals surface area contributed by atoms with Crippen LogP contribution in [-0.2, 0) is 60.5 Å². The van der Waals surface area contributed by atoms with Crippen molar-refractivity contribution in [2.75, 3.05) is 6.54 Å². The van der Waals surface area contributed by atoms with Gasteiger partial charge in [-0.2, -0.15) is 0 Å². The van der Waals surface area contributed by atoms with Gasteiger partial charge in [-0.3, -0.25) is 14.4 Å². The van der Waals surface area contributed by atoms with Gasteiger partial charge < -0.3 is 44.7 Å². The van der Waals surface area contributed by atoms with Crippen molar-refractivity contribution < 1.29 is 63.0 Å². The number of ether oxygens (including phenoxy) is 5. The third kappa shape index (κ3) is 9.94. The van der Waals surface area contributed by atoms with E-state index in [2.05, 4.69) is 6.92 Å². The van der Waals surface area contributed by atoms with Crippen LogP contribution in [0.2, 0.25) is 0 Å². The molecule has 0 amide bonds. The van der Waals surface area contributed by atoms with Gasteiger partial charge in [0, 0.05) is 31.8 Å². The maximum absolute atomic E-state index is 13.7. The van der Waals surface area contributed by atoms with Gasteiger partial charge in [-0.1, -0.05) is 57.2 Å². The van der Waals surface area contributed by atoms with Gasteiger partial charge in [-0.05, 0) is 102 Å². The molecule has 0 spiro atoms. The molecule has 1 aliphatic heterocycles. The Bertz CT molecular complexity index is 1750. The van der Waals surface area contributed by atoms with Crippen LogP contribution in [-0.4, -0.2) is 92.9 Å². The lowest BCUT2D eigenvalue weighted by atomic mass is 9.75. The Morgan fingerprint density at radius 1 is 0.931 bits per heavy atom. The molecule has 4 rings (SSSR count). The number of aryl methyl sites for hydroxylation is 2. The van der Waals surface area contributed by atoms with E-state index in [9.17, 15) is 39.3 Å². The van der Waals surface area contributed by atoms with Crippen molar-refractivity contribution in [3.63, 3.8) is 0 Å². The number of rotatable bonds is 19. The summed E-state index contributed by atoms with van der Waals surface area (Å²) in [6.07, 6.45) is 2.62. The molecule has 0 bridgehead atoms. The topological polar surface area (TPSA) is 218 Å². The summed E-state index contributed by atoms with van der Waals surface area (Å²) in [6.45, 7) is 11.2. The largest absolute Gasteiger partial charge is 0.508 e. The lowest BCUT2D eigenvalue weighted by Gasteiger charge is -2.41. The molecule has 1 aromatic rings. The van der Waals surface area contributed by atoms with Gasteiger partial charge in [0.1, 0.15) is 17.5 Å². The van der Waals surface area contributed by atoms with Crippen LogP contribution in [0.15, 0.2) is 41.0 Å². The molecular formula is C44H63NO13. The summed E-state index contributed by atoms with van der Waals surface area (Å²) in [6, 6.07) is 5.07. The molecule has 1 aromatic carbocycles. The maximum atomic E-state index is 13.7. The number of hydrogen-bond acceptors (Lipinski definition) is 14. The minimum atomic E-state index is -2.66. The highest BCUT2D eigenvalue weighted by Crippen LogP contribution is 2.57. The van der Waals surface area contributed by atoms with E-state index in [0.29, 0.717) is 19.4 Å². The van der Waals surface area contributed by atoms with E-state index in [1.807, 2.05) is 6.07 Å². The van der Waals surface area contributed by atoms with Crippen molar-refractivity contribution >= 4 is 29.8 Å². The number of phenolic OH excluding ortho intramolecular Hbond substituents is 1. The molecule has 3 aliphatic rings. The molecule has 322 valence electrons. The van der Waals surface area contributed by atoms with Gasteiger partial charge in [-0.15, -0.1) is 0 Å². The van der Waals surface area contributed by atoms with Gasteiger partial charge in [0.2, 0.25) is 0 Å². The van der Waals surface area contributed by atoms with Gasteiger partial charge in [-0.25, -0.2) is 9.59 Å². The van der Waals surface area contributed by atoms with E-state index >= 15 is 0 Å². The summed E-state index contributed by atoms with van der Waals surface area (Å²) in [7, 11) is 0. The number of allylic oxidation sites excluding steroid dienone is 1. The number of phenols is 1. The molecule has 2 aliphatic carbocycles. The molecule has 58 heavy (non-hydrogen) atoms. The molecule has 1 heterocycles. The Balaban J connectivity index is 1.75. The lowest BCUT2D eigenvalue weighted by Crippen LogP contribution is -2.64. The molecule has 0 aromatic heterocycles. The van der Waals surface area contributed by atoms with E-state index in [1.54, 1.807) is 39.0 Å². The van der Waals surface area contributed by atoms with Crippen molar-refractivity contribution in [1.29, 1.82) is 0 Å². The zero-order valence-electron chi connectivity index (χ0n) is 35.1. The highest BCUT2D eigenvalue weighted by atomic mass is 16.6. The molecule has 2 fully saturated rings. The van der Waals surface area contributed by atoms with Crippen LogP contribution in [0.1, 0.15) is 130 Å². The molecule has 0 radical (unpaired) electrons. The number of nitrogens with two attached hydrogens (primary N) is 1. The van der Waals surface area contributed by atoms with E-state index in [0.717, 1.165) is 63.0 Å². The fraction of sp³-hybridized carbons (Fsp3) is 0.659. The number of benzene rings is 1. The second-order valence-electron chi connectivity index (χ2n) is 16.4. The first kappa shape index (κ1) is 46.4. The highest BCUT2D eigenvalue weighted by Gasteiger charge is 2.76. The van der Waals surface area contributed by atoms with Crippen LogP contribution in [0.25, 0.3) is 0 Å². The molecule has 1 saturated carbocycles. The molecular weight excluding hydrogens is 750 g/mol. The second-order valence-corrected chi connectivity index (χ2v) is 16.4. The van der Waals surface area contributed by atoms with Crippen molar-refractivity contribution in [2.45, 2.75) is 173 Å². The number of aromatic hydroxyl groups is 1. The number of fused-ring (bicyclic) bond motifs is 3. The third-order valence-electron chi connectivity index (χ3n) is 12.0. The summed E-state index contributed by atoms with van der Waals surface area (Å²) < 4.78 is 29.9. The predicted molar refractivity (Wildman–Crippen MR) is 212 cm³/mol. The van der Waals surface area contributed by atoms with Gasteiger partial charge in [0.05, 0.1) is 5.92 Å². The van der Waals surface area contributed by atoms with Crippen LogP contribution < -0.4 is 5.73 Å². The highest BCUT2D eigenvalue weighted by molar-refractivity contribution is 5.88. The fourth-order valence-corrected chi connectivity index (χ4v) is 8.57. The number of aliphatic hydroxyl groups is 2. The predicted octanol–water partition coefficient (Wildman–Crippen LogP) is 5.14. The van der Waals surface area contributed by atoms with E-state index in [-0.39, 0.29) is 41.7 Å². The van der Waals surface area contributed by atoms with Crippen LogP contribution in [0.4, 0.5) is 0 Å². The normalized spacial score (nSPS) is 29.2. The third-order valence-corrected chi connectivity index (χ3v) is 12.0. The Morgan fingerprint density at radius 3 is 2.26 bits per heavy atom. The number of hydrogen-bond donors (Lipinski definition) is 4. The standard InChI is InChI=1S/C44H63NO13/c1-8-10-11-12-15-18-33(48)55-38-36-35(27(4)37(38)56-40(50)26(3)9-2)39-44(53,43(7,52)41(51)57-39)32(25-42(36,6)58-28(5)46)54-34(49)22-20-29-19-21-31(47)30(24-29)17-14-13-16-23-45/h9,19,21,24,32,36-39,47,52-53H,8,10-18,20,22-23,25,45H2,1-7H3/b26-9-/t32?,36-,37?,38+,39+,42+,43-,44-/m1/s1. The van der Waals surface area contributed by atoms with Crippen molar-refractivity contribution in [3.8, 4) is 5.75 Å². The van der Waals surface area contributed by atoms with Crippen molar-refractivity contribution in [2.24, 2.45) is 11.7 Å². The monoisotopic (exact) mass is 813 g/mol. The molecule has 5 N–H and O–H groups in total. The lowest BCUT2D eigenvalue weighted by molar-refractivity contribution is -0.212. The van der Waals surface area contributed by atoms with Crippen LogP contribution >= 0.6 is 0 Å². The number of unbranched alkanes of at least 4 members (excludes halogenated alkanes) is 6. The Kier molecular flexibility index (Phi) is 15.7. The van der Waals surface area contributed by atoms with Crippen molar-refractivity contribution in [3.05, 3.63) is 52.1 Å². The van der Waals surface area contributed by atoms with Crippen LogP contribution in [0.5, 0.6) is 5.75 Å². The first-order valence-corrected chi connectivity index (χ1v) is 20.7. The molecule has 2 unspecified atom stereocenters. The van der Waals surface area contributed by atoms with Crippen LogP contribution in [0.3, 0.4) is 0 Å². The summed E-state index contributed by atoms with van der Waals surface area (Å²) in [5.74, 6) is -5.14. The minimum Gasteiger partial charge on any atom is -0.508 e. The zero-order chi connectivity index (χ0) is 43.0. The van der Waals surface area contributed by atoms with Crippen LogP contribution in [0, 0.1) is 5.92 Å². The Labute approximate surface area is 341 Å². The smallest absolute Gasteiger partial charge is 0.341 e. The summed E-state index contributed by atoms with van der Waals surface area (Å²) in [4.78, 5) is 67.0. The first-order chi connectivity index (χ1) is 27.4. The minimum absolute atomic E-state index is 0.0499. The Morgan fingerprint density at radius 2 is 1.60 bits per heavy atom. The number of carbonyl (C=O) groups excluding carboxylic acids is 5. The average Bonchev–Trinajstić information content (AvgIpc) is 3.50. The van der Waals surface area contributed by atoms with E-state index < -0.39 is 83.4 Å². The summed E-state index contributed by atoms with van der Waals surface area (Å²) in [5.41, 5.74) is 0.626. The quantitative estimate of drug-likeness (QED) is 0.0468. The maximum Gasteiger partial charge on any atom is 0.341 e. The van der Waals surface area contributed by atoms with E-state index in [4.69, 9.17) is 29.4 Å².